The van der Waals surface area contributed by atoms with E-state index in [2.05, 4.69) is 29.1 Å². The van der Waals surface area contributed by atoms with Crippen LogP contribution in [0.4, 0.5) is 0 Å². The van der Waals surface area contributed by atoms with E-state index in [1.165, 1.54) is 5.56 Å². The van der Waals surface area contributed by atoms with Crippen LogP contribution in [0.1, 0.15) is 12.5 Å². The summed E-state index contributed by atoms with van der Waals surface area (Å²) >= 11 is 0. The maximum absolute atomic E-state index is 12.6. The lowest BCUT2D eigenvalue weighted by Crippen LogP contribution is -2.50. The number of allylic oxidation sites excluding steroid dienone is 1. The first-order chi connectivity index (χ1) is 9.66. The molecule has 20 heavy (non-hydrogen) atoms. The molecule has 1 aromatic rings. The Morgan fingerprint density at radius 2 is 2.00 bits per heavy atom. The first-order valence-corrected chi connectivity index (χ1v) is 6.97. The van der Waals surface area contributed by atoms with Crippen LogP contribution in [-0.4, -0.2) is 29.6 Å². The number of carbonyl (C=O) groups is 1. The third kappa shape index (κ3) is 2.35. The molecule has 0 aliphatic carbocycles. The summed E-state index contributed by atoms with van der Waals surface area (Å²) in [5.41, 5.74) is 14.2. The molecule has 2 aliphatic heterocycles. The van der Waals surface area contributed by atoms with Crippen molar-refractivity contribution in [1.82, 2.24) is 15.8 Å². The molecule has 0 spiro atoms. The Morgan fingerprint density at radius 3 is 2.75 bits per heavy atom. The Morgan fingerprint density at radius 1 is 1.25 bits per heavy atom. The minimum Gasteiger partial charge on any atom is -0.316 e. The summed E-state index contributed by atoms with van der Waals surface area (Å²) in [6.45, 7) is 2.67. The average molecular weight is 272 g/mol. The molecule has 2 aliphatic rings. The number of hydrogen-bond acceptors (Lipinski definition) is 4. The second-order valence-corrected chi connectivity index (χ2v) is 5.40. The van der Waals surface area contributed by atoms with Crippen LogP contribution in [0.25, 0.3) is 0 Å². The zero-order chi connectivity index (χ0) is 14.1. The summed E-state index contributed by atoms with van der Waals surface area (Å²) in [5, 5.41) is 0. The van der Waals surface area contributed by atoms with Gasteiger partial charge in [-0.3, -0.25) is 4.79 Å². The van der Waals surface area contributed by atoms with E-state index in [0.717, 1.165) is 12.1 Å². The number of rotatable bonds is 3. The van der Waals surface area contributed by atoms with E-state index >= 15 is 0 Å². The highest BCUT2D eigenvalue weighted by atomic mass is 16.2. The Balaban J connectivity index is 1.73. The normalized spacial score (nSPS) is 29.3. The van der Waals surface area contributed by atoms with Gasteiger partial charge in [-0.2, -0.15) is 0 Å². The lowest BCUT2D eigenvalue weighted by atomic mass is 9.92. The van der Waals surface area contributed by atoms with E-state index in [4.69, 9.17) is 5.73 Å². The molecule has 1 aromatic carbocycles. The quantitative estimate of drug-likeness (QED) is 0.743. The molecule has 3 unspecified atom stereocenters. The van der Waals surface area contributed by atoms with Crippen molar-refractivity contribution in [3.05, 3.63) is 47.7 Å². The van der Waals surface area contributed by atoms with Crippen molar-refractivity contribution < 1.29 is 4.79 Å². The maximum Gasteiger partial charge on any atom is 0.234 e. The molecule has 1 fully saturated rings. The number of carbonyl (C=O) groups excluding carboxylic acids is 1. The molecule has 0 radical (unpaired) electrons. The first-order valence-electron chi connectivity index (χ1n) is 6.97. The van der Waals surface area contributed by atoms with Crippen molar-refractivity contribution in [3.63, 3.8) is 0 Å². The van der Waals surface area contributed by atoms with Crippen LogP contribution in [0.2, 0.25) is 0 Å². The van der Waals surface area contributed by atoms with Gasteiger partial charge in [-0.25, -0.2) is 10.9 Å². The topological polar surface area (TPSA) is 70.4 Å². The van der Waals surface area contributed by atoms with E-state index in [-0.39, 0.29) is 24.0 Å². The summed E-state index contributed by atoms with van der Waals surface area (Å²) in [4.78, 5) is 14.4. The second kappa shape index (κ2) is 5.36. The smallest absolute Gasteiger partial charge is 0.234 e. The number of fused-ring (bicyclic) bond motifs is 1. The summed E-state index contributed by atoms with van der Waals surface area (Å²) in [6.07, 6.45) is 2.61. The maximum atomic E-state index is 12.6. The molecule has 0 bridgehead atoms. The highest BCUT2D eigenvalue weighted by Gasteiger charge is 2.43. The van der Waals surface area contributed by atoms with Gasteiger partial charge in [-0.1, -0.05) is 30.3 Å². The molecule has 5 nitrogen and oxygen atoms in total. The Hall–Kier alpha value is -1.69. The highest BCUT2D eigenvalue weighted by molar-refractivity contribution is 5.84. The molecule has 1 saturated heterocycles. The fourth-order valence-corrected chi connectivity index (χ4v) is 2.92. The van der Waals surface area contributed by atoms with Crippen LogP contribution in [0.5, 0.6) is 0 Å². The van der Waals surface area contributed by atoms with Gasteiger partial charge in [0.1, 0.15) is 0 Å². The van der Waals surface area contributed by atoms with Gasteiger partial charge in [0, 0.05) is 12.2 Å². The van der Waals surface area contributed by atoms with Crippen molar-refractivity contribution in [3.8, 4) is 0 Å². The van der Waals surface area contributed by atoms with Crippen molar-refractivity contribution in [1.29, 1.82) is 0 Å². The molecule has 0 saturated carbocycles. The van der Waals surface area contributed by atoms with Crippen LogP contribution in [-0.2, 0) is 11.2 Å². The number of amides is 1. The lowest BCUT2D eigenvalue weighted by molar-refractivity contribution is -0.134. The predicted molar refractivity (Wildman–Crippen MR) is 77.1 cm³/mol. The summed E-state index contributed by atoms with van der Waals surface area (Å²) in [7, 11) is 0. The number of hydrazine groups is 1. The van der Waals surface area contributed by atoms with Gasteiger partial charge >= 0.3 is 0 Å². The van der Waals surface area contributed by atoms with Crippen LogP contribution in [0, 0.1) is 5.92 Å². The fraction of sp³-hybridized carbons (Fsp3) is 0.400. The van der Waals surface area contributed by atoms with Gasteiger partial charge in [-0.05, 0) is 25.0 Å². The Kier molecular flexibility index (Phi) is 3.56. The molecule has 2 heterocycles. The Bertz CT molecular complexity index is 528. The first kappa shape index (κ1) is 13.3. The largest absolute Gasteiger partial charge is 0.316 e. The number of nitrogens with one attached hydrogen (secondary N) is 2. The number of hydrogen-bond donors (Lipinski definition) is 3. The van der Waals surface area contributed by atoms with Gasteiger partial charge in [-0.15, -0.1) is 0 Å². The van der Waals surface area contributed by atoms with E-state index in [1.807, 2.05) is 30.0 Å². The number of nitrogens with two attached hydrogens (primary N) is 1. The van der Waals surface area contributed by atoms with Crippen molar-refractivity contribution in [2.24, 2.45) is 11.7 Å². The predicted octanol–water partition coefficient (Wildman–Crippen LogP) is 0.353. The van der Waals surface area contributed by atoms with Gasteiger partial charge < -0.3 is 10.6 Å². The zero-order valence-electron chi connectivity index (χ0n) is 11.5. The van der Waals surface area contributed by atoms with Crippen LogP contribution in [0.15, 0.2) is 42.1 Å². The van der Waals surface area contributed by atoms with Crippen molar-refractivity contribution in [2.45, 2.75) is 25.6 Å². The summed E-state index contributed by atoms with van der Waals surface area (Å²) in [6, 6.07) is 10.2. The fourth-order valence-electron chi connectivity index (χ4n) is 2.92. The van der Waals surface area contributed by atoms with Gasteiger partial charge in [0.2, 0.25) is 5.91 Å². The average Bonchev–Trinajstić information content (AvgIpc) is 2.81. The zero-order valence-corrected chi connectivity index (χ0v) is 11.5. The van der Waals surface area contributed by atoms with E-state index < -0.39 is 0 Å². The summed E-state index contributed by atoms with van der Waals surface area (Å²) < 4.78 is 0. The SMILES string of the molecule is CC1=CC2NNC(N)C2C(=O)N1CCc1ccccc1. The van der Waals surface area contributed by atoms with Crippen molar-refractivity contribution in [2.75, 3.05) is 6.54 Å². The van der Waals surface area contributed by atoms with E-state index in [1.54, 1.807) is 0 Å². The molecule has 1 amide bonds. The third-order valence-electron chi connectivity index (χ3n) is 4.06. The number of nitrogens with zero attached hydrogens (tertiary/aromatic N) is 1. The van der Waals surface area contributed by atoms with Crippen LogP contribution < -0.4 is 16.6 Å². The van der Waals surface area contributed by atoms with E-state index in [0.29, 0.717) is 6.54 Å². The Labute approximate surface area is 118 Å². The van der Waals surface area contributed by atoms with Crippen LogP contribution >= 0.6 is 0 Å². The standard InChI is InChI=1S/C15H20N4O/c1-10-9-12-13(14(16)18-17-12)15(20)19(10)8-7-11-5-3-2-4-6-11/h2-6,9,12-14,17-18H,7-8,16H2,1H3. The molecule has 5 heteroatoms. The molecule has 3 atom stereocenters. The monoisotopic (exact) mass is 272 g/mol. The molecule has 0 aromatic heterocycles. The second-order valence-electron chi connectivity index (χ2n) is 5.40. The van der Waals surface area contributed by atoms with Crippen LogP contribution in [0.3, 0.4) is 0 Å². The molecule has 106 valence electrons. The van der Waals surface area contributed by atoms with Gasteiger partial charge in [0.25, 0.3) is 0 Å². The molecule has 3 rings (SSSR count). The minimum atomic E-state index is -0.323. The molecular formula is C15H20N4O. The molecule has 4 N–H and O–H groups in total. The third-order valence-corrected chi connectivity index (χ3v) is 4.06. The highest BCUT2D eigenvalue weighted by Crippen LogP contribution is 2.25. The minimum absolute atomic E-state index is 0.00507. The van der Waals surface area contributed by atoms with E-state index in [9.17, 15) is 4.79 Å². The van der Waals surface area contributed by atoms with Crippen molar-refractivity contribution >= 4 is 5.91 Å². The molecular weight excluding hydrogens is 252 g/mol. The number of benzene rings is 1. The summed E-state index contributed by atoms with van der Waals surface area (Å²) in [5.74, 6) is -0.106. The van der Waals surface area contributed by atoms with Gasteiger partial charge in [0.05, 0.1) is 18.1 Å². The van der Waals surface area contributed by atoms with Gasteiger partial charge in [0.15, 0.2) is 0 Å². The lowest BCUT2D eigenvalue weighted by Gasteiger charge is -2.33.